The van der Waals surface area contributed by atoms with Crippen LogP contribution in [0.2, 0.25) is 0 Å². The number of benzene rings is 1. The van der Waals surface area contributed by atoms with E-state index in [4.69, 9.17) is 0 Å². The number of urea groups is 1. The lowest BCUT2D eigenvalue weighted by molar-refractivity contribution is 0.103. The van der Waals surface area contributed by atoms with Crippen molar-refractivity contribution >= 4 is 16.9 Å². The molecule has 4 atom stereocenters. The minimum Gasteiger partial charge on any atom is -0.393 e. The van der Waals surface area contributed by atoms with Gasteiger partial charge in [0.1, 0.15) is 0 Å². The third-order valence-corrected chi connectivity index (χ3v) is 5.56. The Morgan fingerprint density at radius 1 is 1.17 bits per heavy atom. The topological polar surface area (TPSA) is 74.2 Å². The maximum Gasteiger partial charge on any atom is 0.315 e. The predicted octanol–water partition coefficient (Wildman–Crippen LogP) is 2.24. The lowest BCUT2D eigenvalue weighted by Gasteiger charge is -2.25. The first kappa shape index (κ1) is 15.4. The molecule has 4 unspecified atom stereocenters. The van der Waals surface area contributed by atoms with E-state index in [2.05, 4.69) is 21.7 Å². The number of rotatable bonds is 4. The molecule has 2 aliphatic carbocycles. The third-order valence-electron chi connectivity index (χ3n) is 5.56. The zero-order valence-electron chi connectivity index (χ0n) is 13.6. The van der Waals surface area contributed by atoms with Crippen molar-refractivity contribution in [3.05, 3.63) is 42.1 Å². The van der Waals surface area contributed by atoms with Crippen LogP contribution in [0.15, 0.2) is 36.5 Å². The Balaban J connectivity index is 1.29. The molecule has 2 amide bonds. The number of carbonyl (C=O) groups is 1. The van der Waals surface area contributed by atoms with E-state index in [9.17, 15) is 9.90 Å². The number of hydrogen-bond donors (Lipinski definition) is 3. The van der Waals surface area contributed by atoms with Crippen molar-refractivity contribution in [2.75, 3.05) is 6.54 Å². The minimum atomic E-state index is -0.156. The Labute approximate surface area is 141 Å². The quantitative estimate of drug-likeness (QED) is 0.807. The minimum absolute atomic E-state index is 0.0969. The highest BCUT2D eigenvalue weighted by molar-refractivity contribution is 5.82. The van der Waals surface area contributed by atoms with Gasteiger partial charge in [-0.1, -0.05) is 18.2 Å². The van der Waals surface area contributed by atoms with Crippen molar-refractivity contribution in [2.24, 2.45) is 11.8 Å². The van der Waals surface area contributed by atoms with E-state index in [0.29, 0.717) is 18.4 Å². The van der Waals surface area contributed by atoms with Gasteiger partial charge in [0.15, 0.2) is 0 Å². The number of aliphatic hydroxyl groups excluding tert-OH is 1. The fourth-order valence-electron chi connectivity index (χ4n) is 4.33. The highest BCUT2D eigenvalue weighted by Crippen LogP contribution is 2.44. The van der Waals surface area contributed by atoms with E-state index in [0.717, 1.165) is 36.6 Å². The summed E-state index contributed by atoms with van der Waals surface area (Å²) in [7, 11) is 0. The average Bonchev–Trinajstić information content (AvgIpc) is 3.14. The molecule has 2 saturated carbocycles. The van der Waals surface area contributed by atoms with Crippen LogP contribution in [0.25, 0.3) is 10.9 Å². The number of pyridine rings is 1. The van der Waals surface area contributed by atoms with Gasteiger partial charge < -0.3 is 15.7 Å². The zero-order chi connectivity index (χ0) is 16.5. The molecule has 1 aromatic carbocycles. The Kier molecular flexibility index (Phi) is 4.10. The molecular weight excluding hydrogens is 302 g/mol. The molecule has 126 valence electrons. The van der Waals surface area contributed by atoms with Crippen LogP contribution in [0.5, 0.6) is 0 Å². The smallest absolute Gasteiger partial charge is 0.315 e. The van der Waals surface area contributed by atoms with Crippen molar-refractivity contribution in [3.8, 4) is 0 Å². The first-order valence-corrected chi connectivity index (χ1v) is 8.76. The molecule has 0 saturated heterocycles. The summed E-state index contributed by atoms with van der Waals surface area (Å²) in [5.74, 6) is 0.823. The molecular formula is C19H23N3O2. The SMILES string of the molecule is O=C(NCCc1ccnc2ccccc12)NC1CC2CC1CC2O. The summed E-state index contributed by atoms with van der Waals surface area (Å²) in [5, 5.41) is 17.0. The maximum absolute atomic E-state index is 12.1. The van der Waals surface area contributed by atoms with Gasteiger partial charge in [0.25, 0.3) is 0 Å². The highest BCUT2D eigenvalue weighted by Gasteiger charge is 2.45. The van der Waals surface area contributed by atoms with Crippen molar-refractivity contribution < 1.29 is 9.90 Å². The van der Waals surface area contributed by atoms with E-state index in [1.54, 1.807) is 0 Å². The molecule has 2 bridgehead atoms. The summed E-state index contributed by atoms with van der Waals surface area (Å²) in [5.41, 5.74) is 2.18. The van der Waals surface area contributed by atoms with Gasteiger partial charge in [-0.15, -0.1) is 0 Å². The van der Waals surface area contributed by atoms with Gasteiger partial charge in [0.05, 0.1) is 11.6 Å². The zero-order valence-corrected chi connectivity index (χ0v) is 13.6. The number of carbonyl (C=O) groups excluding carboxylic acids is 1. The van der Waals surface area contributed by atoms with E-state index < -0.39 is 0 Å². The van der Waals surface area contributed by atoms with Gasteiger partial charge in [0, 0.05) is 24.2 Å². The summed E-state index contributed by atoms with van der Waals surface area (Å²) in [6.45, 7) is 0.600. The molecule has 3 N–H and O–H groups in total. The van der Waals surface area contributed by atoms with Crippen LogP contribution < -0.4 is 10.6 Å². The van der Waals surface area contributed by atoms with Crippen LogP contribution in [-0.2, 0) is 6.42 Å². The second kappa shape index (κ2) is 6.40. The predicted molar refractivity (Wildman–Crippen MR) is 92.6 cm³/mol. The summed E-state index contributed by atoms with van der Waals surface area (Å²) < 4.78 is 0. The van der Waals surface area contributed by atoms with Gasteiger partial charge in [-0.2, -0.15) is 0 Å². The van der Waals surface area contributed by atoms with Gasteiger partial charge in [-0.3, -0.25) is 4.98 Å². The number of nitrogens with one attached hydrogen (secondary N) is 2. The van der Waals surface area contributed by atoms with Crippen LogP contribution in [-0.4, -0.2) is 34.8 Å². The molecule has 0 radical (unpaired) electrons. The van der Waals surface area contributed by atoms with Crippen molar-refractivity contribution in [2.45, 2.75) is 37.8 Å². The summed E-state index contributed by atoms with van der Waals surface area (Å²) >= 11 is 0. The average molecular weight is 325 g/mol. The van der Waals surface area contributed by atoms with Gasteiger partial charge in [-0.25, -0.2) is 4.79 Å². The Hall–Kier alpha value is -2.14. The standard InChI is InChI=1S/C19H23N3O2/c23-18-11-13-9-14(18)10-17(13)22-19(24)21-8-6-12-5-7-20-16-4-2-1-3-15(12)16/h1-5,7,13-14,17-18,23H,6,8-11H2,(H2,21,22,24). The van der Waals surface area contributed by atoms with E-state index >= 15 is 0 Å². The third kappa shape index (κ3) is 2.96. The number of aliphatic hydroxyl groups is 1. The molecule has 4 rings (SSSR count). The number of hydrogen-bond acceptors (Lipinski definition) is 3. The van der Waals surface area contributed by atoms with E-state index in [-0.39, 0.29) is 18.2 Å². The fraction of sp³-hybridized carbons (Fsp3) is 0.474. The lowest BCUT2D eigenvalue weighted by atomic mass is 9.93. The van der Waals surface area contributed by atoms with Crippen LogP contribution in [0.1, 0.15) is 24.8 Å². The van der Waals surface area contributed by atoms with Crippen LogP contribution >= 0.6 is 0 Å². The molecule has 5 heteroatoms. The summed E-state index contributed by atoms with van der Waals surface area (Å²) in [6.07, 6.45) is 5.24. The number of nitrogens with zero attached hydrogens (tertiary/aromatic N) is 1. The molecule has 0 spiro atoms. The molecule has 2 fully saturated rings. The molecule has 2 aromatic rings. The molecule has 1 heterocycles. The van der Waals surface area contributed by atoms with Gasteiger partial charge in [0.2, 0.25) is 0 Å². The Morgan fingerprint density at radius 3 is 2.83 bits per heavy atom. The number of fused-ring (bicyclic) bond motifs is 3. The van der Waals surface area contributed by atoms with Crippen molar-refractivity contribution in [1.29, 1.82) is 0 Å². The normalized spacial score (nSPS) is 28.2. The summed E-state index contributed by atoms with van der Waals surface area (Å²) in [4.78, 5) is 16.5. The van der Waals surface area contributed by atoms with E-state index in [1.165, 1.54) is 5.56 Å². The van der Waals surface area contributed by atoms with Crippen molar-refractivity contribution in [3.63, 3.8) is 0 Å². The van der Waals surface area contributed by atoms with Crippen LogP contribution in [0.3, 0.4) is 0 Å². The fourth-order valence-corrected chi connectivity index (χ4v) is 4.33. The highest BCUT2D eigenvalue weighted by atomic mass is 16.3. The Bertz CT molecular complexity index is 741. The number of aromatic nitrogens is 1. The maximum atomic E-state index is 12.1. The lowest BCUT2D eigenvalue weighted by Crippen LogP contribution is -2.46. The number of para-hydroxylation sites is 1. The van der Waals surface area contributed by atoms with Gasteiger partial charge >= 0.3 is 6.03 Å². The van der Waals surface area contributed by atoms with Crippen LogP contribution in [0, 0.1) is 11.8 Å². The largest absolute Gasteiger partial charge is 0.393 e. The molecule has 5 nitrogen and oxygen atoms in total. The summed E-state index contributed by atoms with van der Waals surface area (Å²) in [6, 6.07) is 10.2. The van der Waals surface area contributed by atoms with Crippen molar-refractivity contribution in [1.82, 2.24) is 15.6 Å². The molecule has 0 aliphatic heterocycles. The van der Waals surface area contributed by atoms with E-state index in [1.807, 2.05) is 30.5 Å². The second-order valence-corrected chi connectivity index (χ2v) is 7.04. The molecule has 24 heavy (non-hydrogen) atoms. The van der Waals surface area contributed by atoms with Gasteiger partial charge in [-0.05, 0) is 55.2 Å². The van der Waals surface area contributed by atoms with Crippen LogP contribution in [0.4, 0.5) is 4.79 Å². The molecule has 2 aliphatic rings. The monoisotopic (exact) mass is 325 g/mol. The molecule has 1 aromatic heterocycles. The number of amides is 2. The first-order chi connectivity index (χ1) is 11.7. The second-order valence-electron chi connectivity index (χ2n) is 7.04. The first-order valence-electron chi connectivity index (χ1n) is 8.76. The Morgan fingerprint density at radius 2 is 2.04 bits per heavy atom.